The number of pyridine rings is 1. The normalized spacial score (nSPS) is 9.95. The molecule has 0 radical (unpaired) electrons. The van der Waals surface area contributed by atoms with Crippen molar-refractivity contribution in [1.29, 1.82) is 0 Å². The predicted molar refractivity (Wildman–Crippen MR) is 71.2 cm³/mol. The number of aromatic nitrogens is 1. The van der Waals surface area contributed by atoms with Gasteiger partial charge in [-0.2, -0.15) is 0 Å². The lowest BCUT2D eigenvalue weighted by Gasteiger charge is -2.09. The second-order valence-corrected chi connectivity index (χ2v) is 3.82. The van der Waals surface area contributed by atoms with E-state index < -0.39 is 4.92 Å². The lowest BCUT2D eigenvalue weighted by atomic mass is 10.2. The Balaban J connectivity index is 2.23. The Morgan fingerprint density at radius 2 is 2.05 bits per heavy atom. The van der Waals surface area contributed by atoms with E-state index in [1.807, 2.05) is 12.1 Å². The van der Waals surface area contributed by atoms with E-state index in [9.17, 15) is 10.1 Å². The van der Waals surface area contributed by atoms with Crippen molar-refractivity contribution < 1.29 is 9.66 Å². The highest BCUT2D eigenvalue weighted by molar-refractivity contribution is 5.68. The largest absolute Gasteiger partial charge is 0.490 e. The predicted octanol–water partition coefficient (Wildman–Crippen LogP) is 2.61. The van der Waals surface area contributed by atoms with E-state index in [4.69, 9.17) is 4.74 Å². The maximum atomic E-state index is 11.1. The summed E-state index contributed by atoms with van der Waals surface area (Å²) in [6.07, 6.45) is 3.36. The topological polar surface area (TPSA) is 77.3 Å². The van der Waals surface area contributed by atoms with Crippen LogP contribution in [0.4, 0.5) is 11.4 Å². The summed E-state index contributed by atoms with van der Waals surface area (Å²) in [6.45, 7) is 0.483. The zero-order valence-corrected chi connectivity index (χ0v) is 10.4. The molecule has 1 heterocycles. The molecule has 2 rings (SSSR count). The van der Waals surface area contributed by atoms with Gasteiger partial charge in [-0.1, -0.05) is 6.07 Å². The zero-order chi connectivity index (χ0) is 13.7. The fourth-order valence-corrected chi connectivity index (χ4v) is 1.72. The number of rotatable bonds is 5. The first-order valence-electron chi connectivity index (χ1n) is 5.66. The van der Waals surface area contributed by atoms with Gasteiger partial charge in [-0.05, 0) is 29.8 Å². The number of nitro groups is 1. The number of anilines is 1. The van der Waals surface area contributed by atoms with Crippen LogP contribution in [0.3, 0.4) is 0 Å². The Morgan fingerprint density at radius 1 is 1.32 bits per heavy atom. The van der Waals surface area contributed by atoms with Gasteiger partial charge in [0.2, 0.25) is 0 Å². The van der Waals surface area contributed by atoms with Crippen molar-refractivity contribution in [2.75, 3.05) is 12.4 Å². The minimum absolute atomic E-state index is 0.0564. The van der Waals surface area contributed by atoms with Crippen molar-refractivity contribution in [2.24, 2.45) is 0 Å². The lowest BCUT2D eigenvalue weighted by Crippen LogP contribution is -2.04. The third-order valence-electron chi connectivity index (χ3n) is 2.63. The molecular weight excluding hydrogens is 246 g/mol. The average Bonchev–Trinajstić information content (AvgIpc) is 2.45. The van der Waals surface area contributed by atoms with Gasteiger partial charge in [0.15, 0.2) is 5.75 Å². The number of hydrogen-bond donors (Lipinski definition) is 1. The second kappa shape index (κ2) is 5.81. The molecule has 0 aliphatic heterocycles. The summed E-state index contributed by atoms with van der Waals surface area (Å²) in [4.78, 5) is 14.6. The fraction of sp³-hybridized carbons (Fsp3) is 0.154. The van der Waals surface area contributed by atoms with Gasteiger partial charge < -0.3 is 10.1 Å². The molecule has 0 amide bonds. The molecule has 6 heteroatoms. The van der Waals surface area contributed by atoms with Crippen molar-refractivity contribution in [3.05, 3.63) is 58.4 Å². The summed E-state index contributed by atoms with van der Waals surface area (Å²) in [5, 5.41) is 14.1. The van der Waals surface area contributed by atoms with Crippen LogP contribution >= 0.6 is 0 Å². The number of nitrogens with one attached hydrogen (secondary N) is 1. The van der Waals surface area contributed by atoms with Crippen LogP contribution in [-0.2, 0) is 6.54 Å². The van der Waals surface area contributed by atoms with Gasteiger partial charge in [-0.15, -0.1) is 0 Å². The summed E-state index contributed by atoms with van der Waals surface area (Å²) in [7, 11) is 1.41. The van der Waals surface area contributed by atoms with Gasteiger partial charge in [0, 0.05) is 18.9 Å². The molecule has 0 unspecified atom stereocenters. The summed E-state index contributed by atoms with van der Waals surface area (Å²) in [5.74, 6) is 0.240. The van der Waals surface area contributed by atoms with Crippen LogP contribution in [0.2, 0.25) is 0 Å². The Hall–Kier alpha value is -2.63. The van der Waals surface area contributed by atoms with Crippen LogP contribution in [0.1, 0.15) is 5.56 Å². The molecule has 0 saturated heterocycles. The molecule has 0 aliphatic carbocycles. The number of nitro benzene ring substituents is 1. The van der Waals surface area contributed by atoms with Crippen LogP contribution in [-0.4, -0.2) is 17.0 Å². The van der Waals surface area contributed by atoms with Crippen LogP contribution < -0.4 is 10.1 Å². The molecule has 1 aromatic heterocycles. The monoisotopic (exact) mass is 259 g/mol. The maximum absolute atomic E-state index is 11.1. The lowest BCUT2D eigenvalue weighted by molar-refractivity contribution is -0.384. The third-order valence-corrected chi connectivity index (χ3v) is 2.63. The highest BCUT2D eigenvalue weighted by Gasteiger charge is 2.19. The average molecular weight is 259 g/mol. The molecule has 19 heavy (non-hydrogen) atoms. The van der Waals surface area contributed by atoms with Gasteiger partial charge in [-0.3, -0.25) is 15.1 Å². The molecule has 6 nitrogen and oxygen atoms in total. The molecule has 98 valence electrons. The van der Waals surface area contributed by atoms with Crippen LogP contribution in [0.25, 0.3) is 0 Å². The first-order valence-corrected chi connectivity index (χ1v) is 5.66. The van der Waals surface area contributed by atoms with Gasteiger partial charge in [0.25, 0.3) is 0 Å². The molecule has 0 saturated carbocycles. The van der Waals surface area contributed by atoms with Gasteiger partial charge >= 0.3 is 5.69 Å². The molecule has 1 N–H and O–H groups in total. The van der Waals surface area contributed by atoms with E-state index in [1.54, 1.807) is 30.6 Å². The van der Waals surface area contributed by atoms with Crippen molar-refractivity contribution >= 4 is 11.4 Å². The fourth-order valence-electron chi connectivity index (χ4n) is 1.72. The number of benzene rings is 1. The van der Waals surface area contributed by atoms with E-state index in [0.717, 1.165) is 5.56 Å². The standard InChI is InChI=1S/C13H13N3O3/c1-19-12-4-2-3-11(13(12)16(17)18)15-9-10-5-7-14-8-6-10/h2-8,15H,9H2,1H3. The van der Waals surface area contributed by atoms with Gasteiger partial charge in [0.05, 0.1) is 12.0 Å². The highest BCUT2D eigenvalue weighted by atomic mass is 16.6. The van der Waals surface area contributed by atoms with Crippen molar-refractivity contribution in [1.82, 2.24) is 4.98 Å². The maximum Gasteiger partial charge on any atom is 0.333 e. The van der Waals surface area contributed by atoms with Crippen LogP contribution in [0.15, 0.2) is 42.7 Å². The molecule has 2 aromatic rings. The zero-order valence-electron chi connectivity index (χ0n) is 10.4. The SMILES string of the molecule is COc1cccc(NCc2ccncc2)c1[N+](=O)[O-]. The summed E-state index contributed by atoms with van der Waals surface area (Å²) < 4.78 is 5.01. The number of ether oxygens (including phenoxy) is 1. The van der Waals surface area contributed by atoms with E-state index in [1.165, 1.54) is 7.11 Å². The van der Waals surface area contributed by atoms with Crippen LogP contribution in [0.5, 0.6) is 5.75 Å². The van der Waals surface area contributed by atoms with E-state index in [-0.39, 0.29) is 11.4 Å². The van der Waals surface area contributed by atoms with Crippen molar-refractivity contribution in [3.63, 3.8) is 0 Å². The number of nitrogens with zero attached hydrogens (tertiary/aromatic N) is 2. The first-order chi connectivity index (χ1) is 9.22. The number of methoxy groups -OCH3 is 1. The Labute approximate surface area is 110 Å². The summed E-state index contributed by atoms with van der Waals surface area (Å²) >= 11 is 0. The van der Waals surface area contributed by atoms with Gasteiger partial charge in [0.1, 0.15) is 5.69 Å². The number of hydrogen-bond acceptors (Lipinski definition) is 5. The minimum atomic E-state index is -0.451. The second-order valence-electron chi connectivity index (χ2n) is 3.82. The highest BCUT2D eigenvalue weighted by Crippen LogP contribution is 2.34. The van der Waals surface area contributed by atoms with Crippen molar-refractivity contribution in [3.8, 4) is 5.75 Å². The van der Waals surface area contributed by atoms with Crippen LogP contribution in [0, 0.1) is 10.1 Å². The van der Waals surface area contributed by atoms with Gasteiger partial charge in [-0.25, -0.2) is 0 Å². The van der Waals surface area contributed by atoms with Crippen molar-refractivity contribution in [2.45, 2.75) is 6.54 Å². The van der Waals surface area contributed by atoms with E-state index >= 15 is 0 Å². The number of para-hydroxylation sites is 1. The quantitative estimate of drug-likeness (QED) is 0.659. The minimum Gasteiger partial charge on any atom is -0.490 e. The molecule has 1 aromatic carbocycles. The smallest absolute Gasteiger partial charge is 0.333 e. The molecule has 0 atom stereocenters. The first kappa shape index (κ1) is 12.8. The Bertz CT molecular complexity index is 573. The summed E-state index contributed by atoms with van der Waals surface area (Å²) in [6, 6.07) is 8.62. The molecule has 0 spiro atoms. The Kier molecular flexibility index (Phi) is 3.92. The third kappa shape index (κ3) is 2.98. The molecule has 0 bridgehead atoms. The molecule has 0 fully saturated rings. The summed E-state index contributed by atoms with van der Waals surface area (Å²) in [5.41, 5.74) is 1.37. The molecular formula is C13H13N3O3. The van der Waals surface area contributed by atoms with E-state index in [2.05, 4.69) is 10.3 Å². The molecule has 0 aliphatic rings. The Morgan fingerprint density at radius 3 is 2.68 bits per heavy atom. The van der Waals surface area contributed by atoms with E-state index in [0.29, 0.717) is 12.2 Å².